The van der Waals surface area contributed by atoms with Gasteiger partial charge in [-0.1, -0.05) is 0 Å². The third kappa shape index (κ3) is 2.84. The number of alkyl halides is 3. The van der Waals surface area contributed by atoms with Crippen LogP contribution >= 0.6 is 0 Å². The number of anilines is 1. The lowest BCUT2D eigenvalue weighted by molar-refractivity contribution is -0.141. The maximum atomic E-state index is 12.1. The molecule has 0 atom stereocenters. The number of hydrogen-bond acceptors (Lipinski definition) is 4. The highest BCUT2D eigenvalue weighted by atomic mass is 19.4. The SMILES string of the molecule is OCCNc1cc(C(F)(F)F)ncn1. The molecule has 0 radical (unpaired) electrons. The van der Waals surface area contributed by atoms with Crippen LogP contribution in [-0.4, -0.2) is 28.2 Å². The molecule has 0 bridgehead atoms. The van der Waals surface area contributed by atoms with Crippen LogP contribution in [0.25, 0.3) is 0 Å². The van der Waals surface area contributed by atoms with Crippen molar-refractivity contribution in [3.63, 3.8) is 0 Å². The predicted octanol–water partition coefficient (Wildman–Crippen LogP) is 0.900. The fourth-order valence-electron chi connectivity index (χ4n) is 0.793. The Morgan fingerprint density at radius 1 is 1.36 bits per heavy atom. The Kier molecular flexibility index (Phi) is 3.23. The number of aliphatic hydroxyl groups is 1. The van der Waals surface area contributed by atoms with Crippen LogP contribution in [0.1, 0.15) is 5.69 Å². The molecule has 7 heteroatoms. The molecule has 4 nitrogen and oxygen atoms in total. The Balaban J connectivity index is 2.79. The van der Waals surface area contributed by atoms with Crippen molar-refractivity contribution in [1.29, 1.82) is 0 Å². The van der Waals surface area contributed by atoms with Gasteiger partial charge in [0.1, 0.15) is 17.8 Å². The maximum Gasteiger partial charge on any atom is 0.433 e. The van der Waals surface area contributed by atoms with Crippen LogP contribution in [0.5, 0.6) is 0 Å². The number of nitrogens with zero attached hydrogens (tertiary/aromatic N) is 2. The van der Waals surface area contributed by atoms with E-state index >= 15 is 0 Å². The van der Waals surface area contributed by atoms with Gasteiger partial charge in [-0.05, 0) is 0 Å². The Morgan fingerprint density at radius 3 is 2.64 bits per heavy atom. The first kappa shape index (κ1) is 10.7. The van der Waals surface area contributed by atoms with Gasteiger partial charge in [0, 0.05) is 12.6 Å². The second kappa shape index (κ2) is 4.23. The van der Waals surface area contributed by atoms with Gasteiger partial charge in [-0.15, -0.1) is 0 Å². The Morgan fingerprint density at radius 2 is 2.07 bits per heavy atom. The molecule has 1 heterocycles. The van der Waals surface area contributed by atoms with Crippen LogP contribution in [0.3, 0.4) is 0 Å². The van der Waals surface area contributed by atoms with Crippen molar-refractivity contribution in [2.24, 2.45) is 0 Å². The smallest absolute Gasteiger partial charge is 0.395 e. The van der Waals surface area contributed by atoms with Crippen LogP contribution in [0.15, 0.2) is 12.4 Å². The summed E-state index contributed by atoms with van der Waals surface area (Å²) in [5, 5.41) is 10.9. The molecule has 78 valence electrons. The number of hydrogen-bond donors (Lipinski definition) is 2. The van der Waals surface area contributed by atoms with Gasteiger partial charge in [0.15, 0.2) is 0 Å². The third-order valence-corrected chi connectivity index (χ3v) is 1.38. The quantitative estimate of drug-likeness (QED) is 0.773. The molecule has 0 saturated heterocycles. The van der Waals surface area contributed by atoms with Gasteiger partial charge in [-0.3, -0.25) is 0 Å². The number of halogens is 3. The summed E-state index contributed by atoms with van der Waals surface area (Å²) in [6.45, 7) is -0.0281. The number of rotatable bonds is 3. The molecule has 0 spiro atoms. The topological polar surface area (TPSA) is 58.0 Å². The summed E-state index contributed by atoms with van der Waals surface area (Å²) in [4.78, 5) is 6.64. The zero-order chi connectivity index (χ0) is 10.6. The van der Waals surface area contributed by atoms with E-state index in [1.165, 1.54) is 0 Å². The minimum atomic E-state index is -4.47. The van der Waals surface area contributed by atoms with Gasteiger partial charge in [-0.2, -0.15) is 13.2 Å². The Bertz CT molecular complexity index is 302. The zero-order valence-electron chi connectivity index (χ0n) is 7.04. The van der Waals surface area contributed by atoms with Crippen molar-refractivity contribution in [3.05, 3.63) is 18.1 Å². The fraction of sp³-hybridized carbons (Fsp3) is 0.429. The second-order valence-electron chi connectivity index (χ2n) is 2.44. The summed E-state index contributed by atoms with van der Waals surface area (Å²) in [5.74, 6) is 0.0429. The fourth-order valence-corrected chi connectivity index (χ4v) is 0.793. The van der Waals surface area contributed by atoms with E-state index in [0.29, 0.717) is 0 Å². The molecular formula is C7H8F3N3O. The summed E-state index contributed by atoms with van der Waals surface area (Å²) in [7, 11) is 0. The van der Waals surface area contributed by atoms with Crippen molar-refractivity contribution in [2.75, 3.05) is 18.5 Å². The minimum absolute atomic E-state index is 0.0429. The highest BCUT2D eigenvalue weighted by Gasteiger charge is 2.32. The molecule has 14 heavy (non-hydrogen) atoms. The minimum Gasteiger partial charge on any atom is -0.395 e. The molecule has 0 fully saturated rings. The molecule has 0 aliphatic rings. The van der Waals surface area contributed by atoms with Crippen LogP contribution in [0.4, 0.5) is 19.0 Å². The van der Waals surface area contributed by atoms with Crippen molar-refractivity contribution in [3.8, 4) is 0 Å². The lowest BCUT2D eigenvalue weighted by Crippen LogP contribution is -2.11. The van der Waals surface area contributed by atoms with E-state index in [9.17, 15) is 13.2 Å². The van der Waals surface area contributed by atoms with Crippen molar-refractivity contribution >= 4 is 5.82 Å². The van der Waals surface area contributed by atoms with E-state index in [1.807, 2.05) is 0 Å². The van der Waals surface area contributed by atoms with Crippen LogP contribution in [-0.2, 0) is 6.18 Å². The Hall–Kier alpha value is -1.37. The highest BCUT2D eigenvalue weighted by molar-refractivity contribution is 5.35. The van der Waals surface area contributed by atoms with E-state index in [2.05, 4.69) is 15.3 Å². The maximum absolute atomic E-state index is 12.1. The normalized spacial score (nSPS) is 11.4. The molecule has 0 aliphatic heterocycles. The summed E-state index contributed by atoms with van der Waals surface area (Å²) in [6, 6.07) is 0.787. The summed E-state index contributed by atoms with van der Waals surface area (Å²) < 4.78 is 36.4. The van der Waals surface area contributed by atoms with E-state index in [1.54, 1.807) is 0 Å². The molecule has 1 rings (SSSR count). The standard InChI is InChI=1S/C7H8F3N3O/c8-7(9,10)5-3-6(11-1-2-14)13-4-12-5/h3-4,14H,1-2H2,(H,11,12,13). The average Bonchev–Trinajstić information content (AvgIpc) is 2.14. The number of aromatic nitrogens is 2. The highest BCUT2D eigenvalue weighted by Crippen LogP contribution is 2.27. The molecule has 0 amide bonds. The average molecular weight is 207 g/mol. The first-order valence-electron chi connectivity index (χ1n) is 3.78. The van der Waals surface area contributed by atoms with E-state index in [-0.39, 0.29) is 19.0 Å². The van der Waals surface area contributed by atoms with Crippen LogP contribution in [0.2, 0.25) is 0 Å². The van der Waals surface area contributed by atoms with Crippen molar-refractivity contribution in [2.45, 2.75) is 6.18 Å². The van der Waals surface area contributed by atoms with Crippen LogP contribution in [0, 0.1) is 0 Å². The molecular weight excluding hydrogens is 199 g/mol. The molecule has 2 N–H and O–H groups in total. The Labute approximate surface area is 77.8 Å². The lowest BCUT2D eigenvalue weighted by atomic mass is 10.4. The first-order valence-corrected chi connectivity index (χ1v) is 3.78. The monoisotopic (exact) mass is 207 g/mol. The first-order chi connectivity index (χ1) is 6.54. The largest absolute Gasteiger partial charge is 0.433 e. The molecule has 0 aromatic carbocycles. The summed E-state index contributed by atoms with van der Waals surface area (Å²) in [6.07, 6.45) is -3.65. The van der Waals surface area contributed by atoms with Crippen LogP contribution < -0.4 is 5.32 Å². The van der Waals surface area contributed by atoms with E-state index in [0.717, 1.165) is 12.4 Å². The summed E-state index contributed by atoms with van der Waals surface area (Å²) in [5.41, 5.74) is -1.01. The molecule has 1 aromatic rings. The molecule has 0 unspecified atom stereocenters. The molecule has 0 saturated carbocycles. The zero-order valence-corrected chi connectivity index (χ0v) is 7.04. The third-order valence-electron chi connectivity index (χ3n) is 1.38. The van der Waals surface area contributed by atoms with Gasteiger partial charge < -0.3 is 10.4 Å². The van der Waals surface area contributed by atoms with Crippen molar-refractivity contribution < 1.29 is 18.3 Å². The van der Waals surface area contributed by atoms with Gasteiger partial charge in [0.25, 0.3) is 0 Å². The van der Waals surface area contributed by atoms with Gasteiger partial charge in [0.05, 0.1) is 6.61 Å². The van der Waals surface area contributed by atoms with Gasteiger partial charge >= 0.3 is 6.18 Å². The predicted molar refractivity (Wildman–Crippen MR) is 42.6 cm³/mol. The van der Waals surface area contributed by atoms with Gasteiger partial charge in [-0.25, -0.2) is 9.97 Å². The van der Waals surface area contributed by atoms with Crippen molar-refractivity contribution in [1.82, 2.24) is 9.97 Å². The molecule has 0 aliphatic carbocycles. The van der Waals surface area contributed by atoms with E-state index < -0.39 is 11.9 Å². The molecule has 1 aromatic heterocycles. The number of aliphatic hydroxyl groups excluding tert-OH is 1. The van der Waals surface area contributed by atoms with E-state index in [4.69, 9.17) is 5.11 Å². The van der Waals surface area contributed by atoms with Gasteiger partial charge in [0.2, 0.25) is 0 Å². The summed E-state index contributed by atoms with van der Waals surface area (Å²) >= 11 is 0. The second-order valence-corrected chi connectivity index (χ2v) is 2.44. The number of nitrogens with one attached hydrogen (secondary N) is 1. The lowest BCUT2D eigenvalue weighted by Gasteiger charge is -2.07.